The lowest BCUT2D eigenvalue weighted by Crippen LogP contribution is -2.34. The van der Waals surface area contributed by atoms with Gasteiger partial charge in [0.15, 0.2) is 0 Å². The van der Waals surface area contributed by atoms with Gasteiger partial charge in [-0.3, -0.25) is 4.84 Å². The molecule has 7 nitrogen and oxygen atoms in total. The molecule has 2 atom stereocenters. The fourth-order valence-electron chi connectivity index (χ4n) is 2.99. The number of unbranched alkanes of at least 4 members (excludes halogenated alkanes) is 1. The number of fused-ring (bicyclic) bond motifs is 2. The number of nitrogens with zero attached hydrogens (tertiary/aromatic N) is 4. The number of urea groups is 1. The first-order chi connectivity index (χ1) is 10.7. The lowest BCUT2D eigenvalue weighted by atomic mass is 10.0. The predicted octanol–water partition coefficient (Wildman–Crippen LogP) is 1.71. The Morgan fingerprint density at radius 1 is 1.41 bits per heavy atom. The van der Waals surface area contributed by atoms with E-state index in [0.717, 1.165) is 48.7 Å². The van der Waals surface area contributed by atoms with E-state index in [1.54, 1.807) is 16.4 Å². The third kappa shape index (κ3) is 2.95. The molecule has 0 aliphatic carbocycles. The number of aromatic nitrogens is 2. The van der Waals surface area contributed by atoms with E-state index in [-0.39, 0.29) is 18.1 Å². The molecule has 2 amide bonds. The van der Waals surface area contributed by atoms with Gasteiger partial charge in [0.25, 0.3) is 0 Å². The number of hydroxylamine groups is 2. The molecule has 2 bridgehead atoms. The van der Waals surface area contributed by atoms with Crippen LogP contribution in [0.2, 0.25) is 0 Å². The molecule has 1 aromatic heterocycles. The molecule has 0 aromatic carbocycles. The number of hydrogen-bond donors (Lipinski definition) is 1. The maximum atomic E-state index is 12.6. The molecule has 3 heterocycles. The summed E-state index contributed by atoms with van der Waals surface area (Å²) in [6.45, 7) is 4.02. The van der Waals surface area contributed by atoms with Crippen LogP contribution in [0.1, 0.15) is 48.7 Å². The fraction of sp³-hybridized carbons (Fsp3) is 0.786. The largest absolute Gasteiger partial charge is 0.344 e. The minimum Gasteiger partial charge on any atom is -0.330 e. The Labute approximate surface area is 134 Å². The monoisotopic (exact) mass is 325 g/mol. The quantitative estimate of drug-likeness (QED) is 0.772. The van der Waals surface area contributed by atoms with Gasteiger partial charge in [0.05, 0.1) is 18.7 Å². The molecule has 2 fully saturated rings. The van der Waals surface area contributed by atoms with Gasteiger partial charge in [-0.15, -0.1) is 10.2 Å². The molecule has 2 saturated heterocycles. The maximum Gasteiger partial charge on any atom is 0.344 e. The van der Waals surface area contributed by atoms with E-state index in [4.69, 9.17) is 10.6 Å². The molecule has 0 radical (unpaired) electrons. The Bertz CT molecular complexity index is 523. The molecule has 0 saturated carbocycles. The maximum absolute atomic E-state index is 12.6. The number of hydrogen-bond acceptors (Lipinski definition) is 6. The van der Waals surface area contributed by atoms with Gasteiger partial charge in [0, 0.05) is 13.0 Å². The van der Waals surface area contributed by atoms with Gasteiger partial charge in [0.2, 0.25) is 0 Å². The molecule has 1 aromatic rings. The van der Waals surface area contributed by atoms with Crippen LogP contribution in [0.4, 0.5) is 4.79 Å². The van der Waals surface area contributed by atoms with Crippen LogP contribution in [0.5, 0.6) is 0 Å². The van der Waals surface area contributed by atoms with Gasteiger partial charge in [-0.2, -0.15) is 5.06 Å². The number of rotatable bonds is 7. The zero-order chi connectivity index (χ0) is 15.5. The lowest BCUT2D eigenvalue weighted by molar-refractivity contribution is -0.130. The van der Waals surface area contributed by atoms with Gasteiger partial charge in [-0.25, -0.2) is 4.79 Å². The zero-order valence-corrected chi connectivity index (χ0v) is 13.7. The van der Waals surface area contributed by atoms with E-state index >= 15 is 0 Å². The summed E-state index contributed by atoms with van der Waals surface area (Å²) >= 11 is 1.57. The second-order valence-corrected chi connectivity index (χ2v) is 6.86. The molecule has 8 heteroatoms. The van der Waals surface area contributed by atoms with Gasteiger partial charge < -0.3 is 10.6 Å². The van der Waals surface area contributed by atoms with Gasteiger partial charge in [0.1, 0.15) is 10.0 Å². The molecule has 122 valence electrons. The standard InChI is InChI=1S/C14H23N5O2S/c1-2-3-8-21-19-10-4-5-11(18(9-10)14(19)20)13-17-16-12(22-13)6-7-15/h10-11H,2-9,15H2,1H3/t10-,11-/m0/s1. The van der Waals surface area contributed by atoms with E-state index in [1.165, 1.54) is 0 Å². The van der Waals surface area contributed by atoms with Crippen molar-refractivity contribution in [1.82, 2.24) is 20.2 Å². The average molecular weight is 325 g/mol. The first-order valence-electron chi connectivity index (χ1n) is 7.99. The molecule has 3 rings (SSSR count). The van der Waals surface area contributed by atoms with Crippen molar-refractivity contribution in [2.45, 2.75) is 51.1 Å². The number of nitrogens with two attached hydrogens (primary N) is 1. The molecule has 0 unspecified atom stereocenters. The third-order valence-corrected chi connectivity index (χ3v) is 5.26. The summed E-state index contributed by atoms with van der Waals surface area (Å²) in [5.41, 5.74) is 5.56. The zero-order valence-electron chi connectivity index (χ0n) is 12.9. The SMILES string of the molecule is CCCCON1C(=O)N2C[C@@H]1CC[C@H]2c1nnc(CCN)s1. The number of amides is 2. The van der Waals surface area contributed by atoms with Crippen LogP contribution in [0.3, 0.4) is 0 Å². The van der Waals surface area contributed by atoms with Crippen LogP contribution in [-0.4, -0.2) is 51.9 Å². The Hall–Kier alpha value is -1.25. The van der Waals surface area contributed by atoms with Crippen molar-refractivity contribution in [2.75, 3.05) is 19.7 Å². The number of carbonyl (C=O) groups excluding carboxylic acids is 1. The highest BCUT2D eigenvalue weighted by molar-refractivity contribution is 7.11. The molecular formula is C14H23N5O2S. The van der Waals surface area contributed by atoms with E-state index in [2.05, 4.69) is 17.1 Å². The summed E-state index contributed by atoms with van der Waals surface area (Å²) in [7, 11) is 0. The van der Waals surface area contributed by atoms with Crippen molar-refractivity contribution in [2.24, 2.45) is 5.73 Å². The van der Waals surface area contributed by atoms with Crippen molar-refractivity contribution >= 4 is 17.4 Å². The summed E-state index contributed by atoms with van der Waals surface area (Å²) in [5.74, 6) is 0. The normalized spacial score (nSPS) is 24.4. The van der Waals surface area contributed by atoms with E-state index in [1.807, 2.05) is 4.90 Å². The van der Waals surface area contributed by atoms with Crippen LogP contribution >= 0.6 is 11.3 Å². The predicted molar refractivity (Wildman–Crippen MR) is 83.2 cm³/mol. The smallest absolute Gasteiger partial charge is 0.330 e. The summed E-state index contributed by atoms with van der Waals surface area (Å²) in [5, 5.41) is 11.9. The van der Waals surface area contributed by atoms with E-state index < -0.39 is 0 Å². The number of piperidine rings is 1. The number of carbonyl (C=O) groups is 1. The Morgan fingerprint density at radius 3 is 3.05 bits per heavy atom. The summed E-state index contributed by atoms with van der Waals surface area (Å²) < 4.78 is 0. The Balaban J connectivity index is 1.68. The van der Waals surface area contributed by atoms with Crippen LogP contribution in [-0.2, 0) is 11.3 Å². The average Bonchev–Trinajstić information content (AvgIpc) is 3.07. The molecular weight excluding hydrogens is 302 g/mol. The van der Waals surface area contributed by atoms with Crippen molar-refractivity contribution in [3.8, 4) is 0 Å². The van der Waals surface area contributed by atoms with Crippen molar-refractivity contribution in [3.63, 3.8) is 0 Å². The highest BCUT2D eigenvalue weighted by atomic mass is 32.1. The molecule has 2 N–H and O–H groups in total. The van der Waals surface area contributed by atoms with Crippen LogP contribution in [0.15, 0.2) is 0 Å². The topological polar surface area (TPSA) is 84.6 Å². The summed E-state index contributed by atoms with van der Waals surface area (Å²) in [4.78, 5) is 20.1. The van der Waals surface area contributed by atoms with Crippen molar-refractivity contribution in [3.05, 3.63) is 10.0 Å². The lowest BCUT2D eigenvalue weighted by Gasteiger charge is -2.28. The molecule has 2 aliphatic heterocycles. The van der Waals surface area contributed by atoms with Gasteiger partial charge >= 0.3 is 6.03 Å². The second kappa shape index (κ2) is 6.89. The van der Waals surface area contributed by atoms with Crippen LogP contribution in [0.25, 0.3) is 0 Å². The minimum absolute atomic E-state index is 0.0285. The highest BCUT2D eigenvalue weighted by Gasteiger charge is 2.46. The third-order valence-electron chi connectivity index (χ3n) is 4.18. The van der Waals surface area contributed by atoms with Crippen molar-refractivity contribution in [1.29, 1.82) is 0 Å². The minimum atomic E-state index is -0.0285. The first-order valence-corrected chi connectivity index (χ1v) is 8.81. The highest BCUT2D eigenvalue weighted by Crippen LogP contribution is 2.39. The molecule has 2 aliphatic rings. The second-order valence-electron chi connectivity index (χ2n) is 5.77. The Morgan fingerprint density at radius 2 is 2.27 bits per heavy atom. The summed E-state index contributed by atoms with van der Waals surface area (Å²) in [6.07, 6.45) is 4.64. The Kier molecular flexibility index (Phi) is 4.90. The fourth-order valence-corrected chi connectivity index (χ4v) is 3.99. The molecule has 0 spiro atoms. The van der Waals surface area contributed by atoms with Gasteiger partial charge in [-0.05, 0) is 25.8 Å². The van der Waals surface area contributed by atoms with E-state index in [0.29, 0.717) is 13.2 Å². The van der Waals surface area contributed by atoms with Crippen LogP contribution in [0, 0.1) is 0 Å². The van der Waals surface area contributed by atoms with E-state index in [9.17, 15) is 4.79 Å². The van der Waals surface area contributed by atoms with Crippen molar-refractivity contribution < 1.29 is 9.63 Å². The summed E-state index contributed by atoms with van der Waals surface area (Å²) in [6, 6.07) is 0.184. The first kappa shape index (κ1) is 15.6. The van der Waals surface area contributed by atoms with Crippen LogP contribution < -0.4 is 5.73 Å². The molecule has 22 heavy (non-hydrogen) atoms. The van der Waals surface area contributed by atoms with Gasteiger partial charge in [-0.1, -0.05) is 24.7 Å².